The van der Waals surface area contributed by atoms with Gasteiger partial charge in [-0.15, -0.1) is 10.2 Å². The van der Waals surface area contributed by atoms with Gasteiger partial charge in [0.05, 0.1) is 0 Å². The molecule has 0 bridgehead atoms. The van der Waals surface area contributed by atoms with E-state index in [4.69, 9.17) is 4.74 Å². The first-order valence-corrected chi connectivity index (χ1v) is 6.91. The summed E-state index contributed by atoms with van der Waals surface area (Å²) in [5, 5.41) is 14.2. The smallest absolute Gasteiger partial charge is 0.146 e. The average Bonchev–Trinajstić information content (AvgIpc) is 2.83. The first-order chi connectivity index (χ1) is 7.92. The van der Waals surface area contributed by atoms with Gasteiger partial charge in [0.25, 0.3) is 0 Å². The molecular weight excluding hydrogens is 222 g/mol. The standard InChI is InChI=1S/C11H17N3OS/c1-2-9(15-7-1)11-14-13-10(16-11)5-6-12-8-3-4-8/h8-9,12H,1-7H2. The zero-order valence-electron chi connectivity index (χ0n) is 9.32. The number of ether oxygens (including phenoxy) is 1. The van der Waals surface area contributed by atoms with Gasteiger partial charge in [-0.05, 0) is 25.7 Å². The van der Waals surface area contributed by atoms with E-state index in [1.165, 1.54) is 12.8 Å². The van der Waals surface area contributed by atoms with Crippen molar-refractivity contribution < 1.29 is 4.74 Å². The lowest BCUT2D eigenvalue weighted by atomic mass is 10.2. The van der Waals surface area contributed by atoms with Gasteiger partial charge in [0.1, 0.15) is 16.1 Å². The topological polar surface area (TPSA) is 47.0 Å². The fourth-order valence-corrected chi connectivity index (χ4v) is 2.87. The Morgan fingerprint density at radius 3 is 3.00 bits per heavy atom. The van der Waals surface area contributed by atoms with E-state index < -0.39 is 0 Å². The lowest BCUT2D eigenvalue weighted by Crippen LogP contribution is -2.19. The molecule has 88 valence electrons. The molecule has 1 N–H and O–H groups in total. The van der Waals surface area contributed by atoms with Crippen molar-refractivity contribution in [1.82, 2.24) is 15.5 Å². The summed E-state index contributed by atoms with van der Waals surface area (Å²) in [5.41, 5.74) is 0. The van der Waals surface area contributed by atoms with E-state index in [9.17, 15) is 0 Å². The molecule has 1 saturated heterocycles. The van der Waals surface area contributed by atoms with Gasteiger partial charge < -0.3 is 10.1 Å². The van der Waals surface area contributed by atoms with Crippen molar-refractivity contribution in [2.24, 2.45) is 0 Å². The third-order valence-electron chi connectivity index (χ3n) is 3.04. The van der Waals surface area contributed by atoms with Crippen molar-refractivity contribution in [3.05, 3.63) is 10.0 Å². The molecule has 3 rings (SSSR count). The predicted molar refractivity (Wildman–Crippen MR) is 62.6 cm³/mol. The molecule has 1 aromatic rings. The minimum Gasteiger partial charge on any atom is -0.371 e. The highest BCUT2D eigenvalue weighted by atomic mass is 32.1. The molecule has 1 aliphatic heterocycles. The van der Waals surface area contributed by atoms with Gasteiger partial charge in [0.15, 0.2) is 0 Å². The molecule has 0 spiro atoms. The predicted octanol–water partition coefficient (Wildman–Crippen LogP) is 1.68. The molecule has 0 aromatic carbocycles. The summed E-state index contributed by atoms with van der Waals surface area (Å²) in [7, 11) is 0. The minimum atomic E-state index is 0.225. The van der Waals surface area contributed by atoms with Crippen LogP contribution in [0.3, 0.4) is 0 Å². The van der Waals surface area contributed by atoms with E-state index in [1.807, 2.05) is 0 Å². The monoisotopic (exact) mass is 239 g/mol. The highest BCUT2D eigenvalue weighted by molar-refractivity contribution is 7.11. The van der Waals surface area contributed by atoms with Crippen LogP contribution in [0.2, 0.25) is 0 Å². The highest BCUT2D eigenvalue weighted by Gasteiger charge is 2.22. The Morgan fingerprint density at radius 1 is 1.31 bits per heavy atom. The van der Waals surface area contributed by atoms with Crippen LogP contribution < -0.4 is 5.32 Å². The van der Waals surface area contributed by atoms with E-state index in [2.05, 4.69) is 15.5 Å². The van der Waals surface area contributed by atoms with E-state index in [0.717, 1.165) is 48.5 Å². The van der Waals surface area contributed by atoms with Gasteiger partial charge in [0, 0.05) is 25.6 Å². The van der Waals surface area contributed by atoms with Gasteiger partial charge in [-0.25, -0.2) is 0 Å². The molecule has 1 unspecified atom stereocenters. The van der Waals surface area contributed by atoms with Crippen LogP contribution in [-0.4, -0.2) is 29.4 Å². The summed E-state index contributed by atoms with van der Waals surface area (Å²) < 4.78 is 5.60. The minimum absolute atomic E-state index is 0.225. The second-order valence-corrected chi connectivity index (χ2v) is 5.61. The molecule has 16 heavy (non-hydrogen) atoms. The molecule has 0 radical (unpaired) electrons. The van der Waals surface area contributed by atoms with Crippen molar-refractivity contribution in [2.75, 3.05) is 13.2 Å². The van der Waals surface area contributed by atoms with Gasteiger partial charge in [-0.1, -0.05) is 11.3 Å². The van der Waals surface area contributed by atoms with Crippen LogP contribution in [-0.2, 0) is 11.2 Å². The molecule has 2 aliphatic rings. The third-order valence-corrected chi connectivity index (χ3v) is 4.11. The summed E-state index contributed by atoms with van der Waals surface area (Å²) >= 11 is 1.71. The summed E-state index contributed by atoms with van der Waals surface area (Å²) in [6, 6.07) is 0.783. The summed E-state index contributed by atoms with van der Waals surface area (Å²) in [6.07, 6.45) is 6.18. The SMILES string of the molecule is C1COC(c2nnc(CCNC3CC3)s2)C1. The van der Waals surface area contributed by atoms with Crippen LogP contribution in [0.25, 0.3) is 0 Å². The maximum Gasteiger partial charge on any atom is 0.146 e. The molecule has 2 heterocycles. The zero-order chi connectivity index (χ0) is 10.8. The Kier molecular flexibility index (Phi) is 3.17. The Hall–Kier alpha value is -0.520. The largest absolute Gasteiger partial charge is 0.371 e. The zero-order valence-corrected chi connectivity index (χ0v) is 10.1. The van der Waals surface area contributed by atoms with Crippen LogP contribution in [0.1, 0.15) is 41.8 Å². The lowest BCUT2D eigenvalue weighted by molar-refractivity contribution is 0.111. The molecule has 1 saturated carbocycles. The lowest BCUT2D eigenvalue weighted by Gasteiger charge is -2.02. The second kappa shape index (κ2) is 4.77. The Bertz CT molecular complexity index is 345. The fourth-order valence-electron chi connectivity index (χ4n) is 1.94. The summed E-state index contributed by atoms with van der Waals surface area (Å²) in [6.45, 7) is 1.91. The molecule has 1 aromatic heterocycles. The van der Waals surface area contributed by atoms with Crippen LogP contribution in [0, 0.1) is 0 Å². The Balaban J connectivity index is 1.50. The van der Waals surface area contributed by atoms with Gasteiger partial charge in [-0.2, -0.15) is 0 Å². The average molecular weight is 239 g/mol. The fraction of sp³-hybridized carbons (Fsp3) is 0.818. The summed E-state index contributed by atoms with van der Waals surface area (Å²) in [5.74, 6) is 0. The molecule has 4 nitrogen and oxygen atoms in total. The van der Waals surface area contributed by atoms with Crippen LogP contribution in [0.5, 0.6) is 0 Å². The van der Waals surface area contributed by atoms with Crippen LogP contribution in [0.15, 0.2) is 0 Å². The maximum atomic E-state index is 5.60. The number of nitrogens with zero attached hydrogens (tertiary/aromatic N) is 2. The van der Waals surface area contributed by atoms with E-state index >= 15 is 0 Å². The Morgan fingerprint density at radius 2 is 2.25 bits per heavy atom. The van der Waals surface area contributed by atoms with Crippen LogP contribution >= 0.6 is 11.3 Å². The van der Waals surface area contributed by atoms with Gasteiger partial charge in [-0.3, -0.25) is 0 Å². The molecule has 2 fully saturated rings. The highest BCUT2D eigenvalue weighted by Crippen LogP contribution is 2.30. The summed E-state index contributed by atoms with van der Waals surface area (Å²) in [4.78, 5) is 0. The first kappa shape index (κ1) is 10.6. The number of nitrogens with one attached hydrogen (secondary N) is 1. The number of rotatable bonds is 5. The Labute approximate surface area is 99.4 Å². The number of hydrogen-bond donors (Lipinski definition) is 1. The van der Waals surface area contributed by atoms with Crippen molar-refractivity contribution in [1.29, 1.82) is 0 Å². The molecule has 1 atom stereocenters. The molecular formula is C11H17N3OS. The number of aromatic nitrogens is 2. The first-order valence-electron chi connectivity index (χ1n) is 6.09. The van der Waals surface area contributed by atoms with E-state index in [0.29, 0.717) is 0 Å². The van der Waals surface area contributed by atoms with Crippen LogP contribution in [0.4, 0.5) is 0 Å². The van der Waals surface area contributed by atoms with Crippen molar-refractivity contribution >= 4 is 11.3 Å². The van der Waals surface area contributed by atoms with Crippen molar-refractivity contribution in [3.8, 4) is 0 Å². The molecule has 1 aliphatic carbocycles. The van der Waals surface area contributed by atoms with E-state index in [1.54, 1.807) is 11.3 Å². The number of hydrogen-bond acceptors (Lipinski definition) is 5. The van der Waals surface area contributed by atoms with Gasteiger partial charge in [0.2, 0.25) is 0 Å². The third kappa shape index (κ3) is 2.59. The van der Waals surface area contributed by atoms with E-state index in [-0.39, 0.29) is 6.10 Å². The quantitative estimate of drug-likeness (QED) is 0.849. The molecule has 0 amide bonds. The normalized spacial score (nSPS) is 25.1. The second-order valence-electron chi connectivity index (χ2n) is 4.51. The molecule has 5 heteroatoms. The van der Waals surface area contributed by atoms with Crippen molar-refractivity contribution in [3.63, 3.8) is 0 Å². The van der Waals surface area contributed by atoms with Gasteiger partial charge >= 0.3 is 0 Å². The maximum absolute atomic E-state index is 5.60. The van der Waals surface area contributed by atoms with Crippen molar-refractivity contribution in [2.45, 2.75) is 44.2 Å².